The van der Waals surface area contributed by atoms with E-state index in [1.54, 1.807) is 31.1 Å². The molecule has 0 aliphatic carbocycles. The van der Waals surface area contributed by atoms with Gasteiger partial charge in [0.05, 0.1) is 34.5 Å². The third-order valence-corrected chi connectivity index (χ3v) is 8.05. The maximum Gasteiger partial charge on any atom is 0.338 e. The molecule has 1 spiro atoms. The minimum atomic E-state index is -0.738. The van der Waals surface area contributed by atoms with Crippen LogP contribution < -0.4 is 0 Å². The molecule has 0 aromatic heterocycles. The summed E-state index contributed by atoms with van der Waals surface area (Å²) < 4.78 is 16.1. The van der Waals surface area contributed by atoms with E-state index in [2.05, 4.69) is 4.90 Å². The molecule has 0 bridgehead atoms. The number of benzene rings is 1. The van der Waals surface area contributed by atoms with Gasteiger partial charge in [-0.1, -0.05) is 6.07 Å². The van der Waals surface area contributed by atoms with Crippen molar-refractivity contribution in [3.63, 3.8) is 0 Å². The molecule has 2 fully saturated rings. The molecule has 4 aliphatic heterocycles. The second-order valence-corrected chi connectivity index (χ2v) is 9.64. The number of likely N-dealkylation sites (tertiary alicyclic amines) is 2. The van der Waals surface area contributed by atoms with Crippen LogP contribution in [0.5, 0.6) is 0 Å². The summed E-state index contributed by atoms with van der Waals surface area (Å²) in [7, 11) is 1.62. The van der Waals surface area contributed by atoms with Crippen LogP contribution in [0.15, 0.2) is 23.4 Å². The molecule has 2 saturated heterocycles. The van der Waals surface area contributed by atoms with Crippen molar-refractivity contribution in [1.29, 1.82) is 0 Å². The fraction of sp³-hybridized carbons (Fsp3) is 0.560. The Morgan fingerprint density at radius 1 is 1.12 bits per heavy atom. The first-order valence-corrected chi connectivity index (χ1v) is 11.7. The maximum atomic E-state index is 13.6. The molecular weight excluding hydrogens is 440 g/mol. The van der Waals surface area contributed by atoms with Crippen LogP contribution in [0, 0.1) is 12.3 Å². The topological polar surface area (TPSA) is 106 Å². The van der Waals surface area contributed by atoms with Gasteiger partial charge in [0.1, 0.15) is 13.2 Å². The van der Waals surface area contributed by atoms with Crippen molar-refractivity contribution >= 4 is 17.8 Å². The lowest BCUT2D eigenvalue weighted by Gasteiger charge is -2.44. The number of fused-ring (bicyclic) bond motifs is 1. The van der Waals surface area contributed by atoms with Crippen molar-refractivity contribution in [3.05, 3.63) is 45.7 Å². The lowest BCUT2D eigenvalue weighted by atomic mass is 9.74. The van der Waals surface area contributed by atoms with Crippen LogP contribution in [-0.2, 0) is 30.4 Å². The summed E-state index contributed by atoms with van der Waals surface area (Å²) in [6, 6.07) is 3.52. The summed E-state index contributed by atoms with van der Waals surface area (Å²) in [5.74, 6) is -0.696. The highest BCUT2D eigenvalue weighted by molar-refractivity contribution is 5.95. The molecule has 9 heteroatoms. The standard InChI is InChI=1S/C25H30N2O7/c1-14-16(4-5-17-18(14)12-33-23(17)30)20(28)10-26-8-6-25(21(11-26)32-3)7-9-27(24(25)31)19-13-34-22(29)15(19)2/h4-5,20-21,28H,6-13H2,1-3H3. The van der Waals surface area contributed by atoms with Crippen LogP contribution in [0.2, 0.25) is 0 Å². The minimum absolute atomic E-state index is 0.00803. The Labute approximate surface area is 198 Å². The van der Waals surface area contributed by atoms with E-state index in [9.17, 15) is 19.5 Å². The first-order valence-electron chi connectivity index (χ1n) is 11.7. The monoisotopic (exact) mass is 470 g/mol. The van der Waals surface area contributed by atoms with E-state index in [1.807, 2.05) is 6.92 Å². The van der Waals surface area contributed by atoms with Crippen LogP contribution in [-0.4, -0.2) is 78.8 Å². The number of ether oxygens (including phenoxy) is 3. The third kappa shape index (κ3) is 3.45. The fourth-order valence-electron chi connectivity index (χ4n) is 5.88. The number of cyclic esters (lactones) is 2. The number of hydrogen-bond acceptors (Lipinski definition) is 8. The molecule has 1 aromatic rings. The van der Waals surface area contributed by atoms with E-state index in [-0.39, 0.29) is 37.2 Å². The lowest BCUT2D eigenvalue weighted by molar-refractivity contribution is -0.149. The quantitative estimate of drug-likeness (QED) is 0.645. The molecule has 4 aliphatic rings. The predicted molar refractivity (Wildman–Crippen MR) is 120 cm³/mol. The Balaban J connectivity index is 1.29. The summed E-state index contributed by atoms with van der Waals surface area (Å²) in [4.78, 5) is 41.0. The van der Waals surface area contributed by atoms with Crippen molar-refractivity contribution in [2.45, 2.75) is 45.5 Å². The average Bonchev–Trinajstić information content (AvgIpc) is 3.47. The van der Waals surface area contributed by atoms with Gasteiger partial charge in [-0.3, -0.25) is 9.69 Å². The zero-order valence-electron chi connectivity index (χ0n) is 19.8. The van der Waals surface area contributed by atoms with Crippen LogP contribution in [0.3, 0.4) is 0 Å². The van der Waals surface area contributed by atoms with E-state index >= 15 is 0 Å². The molecule has 3 atom stereocenters. The molecular formula is C25H30N2O7. The van der Waals surface area contributed by atoms with Gasteiger partial charge in [-0.15, -0.1) is 0 Å². The number of piperidine rings is 1. The third-order valence-electron chi connectivity index (χ3n) is 8.05. The zero-order chi connectivity index (χ0) is 24.2. The average molecular weight is 471 g/mol. The van der Waals surface area contributed by atoms with Crippen molar-refractivity contribution in [3.8, 4) is 0 Å². The minimum Gasteiger partial charge on any atom is -0.457 e. The number of amides is 1. The number of esters is 2. The number of aliphatic hydroxyl groups is 1. The molecule has 1 amide bonds. The Hall–Kier alpha value is -2.75. The van der Waals surface area contributed by atoms with Crippen molar-refractivity contribution in [2.75, 3.05) is 39.9 Å². The molecule has 0 saturated carbocycles. The van der Waals surface area contributed by atoms with Crippen LogP contribution in [0.1, 0.15) is 52.9 Å². The van der Waals surface area contributed by atoms with E-state index in [4.69, 9.17) is 14.2 Å². The maximum absolute atomic E-state index is 13.6. The van der Waals surface area contributed by atoms with Crippen molar-refractivity contribution in [2.24, 2.45) is 5.41 Å². The number of carbonyl (C=O) groups excluding carboxylic acids is 3. The Bertz CT molecular complexity index is 1100. The number of aliphatic hydroxyl groups excluding tert-OH is 1. The second kappa shape index (κ2) is 8.48. The fourth-order valence-corrected chi connectivity index (χ4v) is 5.88. The number of methoxy groups -OCH3 is 1. The molecule has 0 radical (unpaired) electrons. The van der Waals surface area contributed by atoms with Crippen LogP contribution in [0.25, 0.3) is 0 Å². The predicted octanol–water partition coefficient (Wildman–Crippen LogP) is 1.47. The molecule has 1 N–H and O–H groups in total. The van der Waals surface area contributed by atoms with E-state index in [1.165, 1.54) is 0 Å². The van der Waals surface area contributed by atoms with E-state index in [0.717, 1.165) is 16.7 Å². The van der Waals surface area contributed by atoms with Gasteiger partial charge in [0.25, 0.3) is 0 Å². The summed E-state index contributed by atoms with van der Waals surface area (Å²) in [6.45, 7) is 6.09. The normalized spacial score (nSPS) is 28.1. The van der Waals surface area contributed by atoms with Crippen molar-refractivity contribution < 1.29 is 33.7 Å². The molecule has 3 unspecified atom stereocenters. The van der Waals surface area contributed by atoms with Gasteiger partial charge in [0.15, 0.2) is 0 Å². The molecule has 9 nitrogen and oxygen atoms in total. The van der Waals surface area contributed by atoms with Gasteiger partial charge in [0, 0.05) is 32.3 Å². The molecule has 34 heavy (non-hydrogen) atoms. The summed E-state index contributed by atoms with van der Waals surface area (Å²) in [6.07, 6.45) is 0.207. The van der Waals surface area contributed by atoms with Gasteiger partial charge >= 0.3 is 11.9 Å². The van der Waals surface area contributed by atoms with Gasteiger partial charge in [0.2, 0.25) is 5.91 Å². The molecule has 182 valence electrons. The highest BCUT2D eigenvalue weighted by Crippen LogP contribution is 2.45. The smallest absolute Gasteiger partial charge is 0.338 e. The van der Waals surface area contributed by atoms with Gasteiger partial charge in [-0.2, -0.15) is 0 Å². The molecule has 4 heterocycles. The second-order valence-electron chi connectivity index (χ2n) is 9.64. The van der Waals surface area contributed by atoms with Gasteiger partial charge in [-0.25, -0.2) is 9.59 Å². The summed E-state index contributed by atoms with van der Waals surface area (Å²) in [5, 5.41) is 11.0. The SMILES string of the molecule is COC1CN(CC(O)c2ccc3c(c2C)COC3=O)CCC12CCN(C1=C(C)C(=O)OC1)C2=O. The lowest BCUT2D eigenvalue weighted by Crippen LogP contribution is -2.55. The number of hydrogen-bond donors (Lipinski definition) is 1. The Morgan fingerprint density at radius 3 is 2.56 bits per heavy atom. The number of nitrogens with zero attached hydrogens (tertiary/aromatic N) is 2. The highest BCUT2D eigenvalue weighted by Gasteiger charge is 2.55. The molecule has 1 aromatic carbocycles. The first kappa shape index (κ1) is 23.0. The van der Waals surface area contributed by atoms with Crippen molar-refractivity contribution in [1.82, 2.24) is 9.80 Å². The largest absolute Gasteiger partial charge is 0.457 e. The van der Waals surface area contributed by atoms with Gasteiger partial charge in [-0.05, 0) is 50.4 Å². The van der Waals surface area contributed by atoms with Crippen LogP contribution >= 0.6 is 0 Å². The summed E-state index contributed by atoms with van der Waals surface area (Å²) in [5.41, 5.74) is 3.58. The number of carbonyl (C=O) groups is 3. The summed E-state index contributed by atoms with van der Waals surface area (Å²) >= 11 is 0. The molecule has 5 rings (SSSR count). The van der Waals surface area contributed by atoms with Gasteiger partial charge < -0.3 is 24.2 Å². The number of β-amino-alcohol motifs (C(OH)–C–C–N with tert-alkyl or cyclic N) is 1. The Kier molecular flexibility index (Phi) is 5.74. The zero-order valence-corrected chi connectivity index (χ0v) is 19.8. The Morgan fingerprint density at radius 2 is 1.85 bits per heavy atom. The number of rotatable bonds is 5. The highest BCUT2D eigenvalue weighted by atomic mass is 16.5. The van der Waals surface area contributed by atoms with E-state index in [0.29, 0.717) is 55.9 Å². The van der Waals surface area contributed by atoms with E-state index < -0.39 is 11.5 Å². The first-order chi connectivity index (χ1) is 16.3. The van der Waals surface area contributed by atoms with Crippen LogP contribution in [0.4, 0.5) is 0 Å².